The number of para-hydroxylation sites is 1. The van der Waals surface area contributed by atoms with E-state index in [0.29, 0.717) is 23.5 Å². The van der Waals surface area contributed by atoms with Crippen LogP contribution in [0.1, 0.15) is 15.9 Å². The summed E-state index contributed by atoms with van der Waals surface area (Å²) in [5.74, 6) is -0.147. The Morgan fingerprint density at radius 2 is 1.52 bits per heavy atom. The van der Waals surface area contributed by atoms with Gasteiger partial charge in [0.2, 0.25) is 0 Å². The molecule has 0 aliphatic heterocycles. The van der Waals surface area contributed by atoms with E-state index >= 15 is 0 Å². The average molecular weight is 351 g/mol. The fourth-order valence-corrected chi connectivity index (χ4v) is 2.87. The smallest absolute Gasteiger partial charge is 0.323 e. The van der Waals surface area contributed by atoms with Crippen LogP contribution in [0.15, 0.2) is 71.4 Å². The number of carbonyl (C=O) groups excluding carboxylic acids is 2. The second kappa shape index (κ2) is 8.12. The monoisotopic (exact) mass is 351 g/mol. The van der Waals surface area contributed by atoms with Crippen molar-refractivity contribution in [2.75, 3.05) is 10.6 Å². The number of hydrogen-bond acceptors (Lipinski definition) is 3. The summed E-state index contributed by atoms with van der Waals surface area (Å²) in [4.78, 5) is 24.0. The fourth-order valence-electron chi connectivity index (χ4n) is 2.20. The zero-order valence-electron chi connectivity index (χ0n) is 13.4. The van der Waals surface area contributed by atoms with E-state index in [2.05, 4.69) is 16.0 Å². The molecule has 5 nitrogen and oxygen atoms in total. The molecule has 3 rings (SSSR count). The number of nitrogens with one attached hydrogen (secondary N) is 3. The van der Waals surface area contributed by atoms with Gasteiger partial charge in [0, 0.05) is 23.5 Å². The van der Waals surface area contributed by atoms with Gasteiger partial charge in [0.15, 0.2) is 0 Å². The Bertz CT molecular complexity index is 831. The molecule has 0 fully saturated rings. The summed E-state index contributed by atoms with van der Waals surface area (Å²) in [6.45, 7) is 0.502. The van der Waals surface area contributed by atoms with Gasteiger partial charge in [-0.3, -0.25) is 4.79 Å². The van der Waals surface area contributed by atoms with Gasteiger partial charge in [-0.25, -0.2) is 4.79 Å². The Labute approximate surface area is 149 Å². The Morgan fingerprint density at radius 1 is 0.840 bits per heavy atom. The van der Waals surface area contributed by atoms with E-state index in [9.17, 15) is 9.59 Å². The predicted octanol–water partition coefficient (Wildman–Crippen LogP) is 4.32. The van der Waals surface area contributed by atoms with E-state index in [0.717, 1.165) is 5.56 Å². The number of carbonyl (C=O) groups is 2. The van der Waals surface area contributed by atoms with Gasteiger partial charge in [-0.15, -0.1) is 0 Å². The highest BCUT2D eigenvalue weighted by atomic mass is 32.1. The lowest BCUT2D eigenvalue weighted by Crippen LogP contribution is -2.22. The molecule has 0 saturated carbocycles. The van der Waals surface area contributed by atoms with Crippen molar-refractivity contribution in [3.63, 3.8) is 0 Å². The minimum atomic E-state index is -0.333. The maximum atomic E-state index is 12.1. The number of hydrogen-bond donors (Lipinski definition) is 3. The molecule has 0 saturated heterocycles. The highest BCUT2D eigenvalue weighted by Gasteiger charge is 2.07. The van der Waals surface area contributed by atoms with E-state index in [1.807, 2.05) is 35.0 Å². The van der Waals surface area contributed by atoms with Crippen molar-refractivity contribution in [1.82, 2.24) is 5.32 Å². The molecule has 6 heteroatoms. The van der Waals surface area contributed by atoms with Gasteiger partial charge < -0.3 is 16.0 Å². The minimum Gasteiger partial charge on any atom is -0.348 e. The standard InChI is InChI=1S/C19H17N3O2S/c23-18(20-12-14-10-11-25-13-14)15-6-8-17(9-7-15)22-19(24)21-16-4-2-1-3-5-16/h1-11,13H,12H2,(H,20,23)(H2,21,22,24). The topological polar surface area (TPSA) is 70.2 Å². The summed E-state index contributed by atoms with van der Waals surface area (Å²) in [6.07, 6.45) is 0. The molecule has 0 aliphatic rings. The van der Waals surface area contributed by atoms with Gasteiger partial charge >= 0.3 is 6.03 Å². The molecule has 0 unspecified atom stereocenters. The quantitative estimate of drug-likeness (QED) is 0.640. The minimum absolute atomic E-state index is 0.147. The van der Waals surface area contributed by atoms with Crippen molar-refractivity contribution in [3.8, 4) is 0 Å². The molecular formula is C19H17N3O2S. The fraction of sp³-hybridized carbons (Fsp3) is 0.0526. The van der Waals surface area contributed by atoms with Crippen LogP contribution in [0.25, 0.3) is 0 Å². The summed E-state index contributed by atoms with van der Waals surface area (Å²) in [7, 11) is 0. The van der Waals surface area contributed by atoms with Gasteiger partial charge in [-0.05, 0) is 58.8 Å². The van der Waals surface area contributed by atoms with Gasteiger partial charge in [0.25, 0.3) is 5.91 Å². The molecule has 0 radical (unpaired) electrons. The van der Waals surface area contributed by atoms with Crippen LogP contribution in [-0.4, -0.2) is 11.9 Å². The van der Waals surface area contributed by atoms with Crippen molar-refractivity contribution in [3.05, 3.63) is 82.6 Å². The Hall–Kier alpha value is -3.12. The molecule has 0 bridgehead atoms. The van der Waals surface area contributed by atoms with Crippen molar-refractivity contribution in [2.24, 2.45) is 0 Å². The first-order valence-corrected chi connectivity index (χ1v) is 8.67. The zero-order valence-corrected chi connectivity index (χ0v) is 14.2. The largest absolute Gasteiger partial charge is 0.348 e. The van der Waals surface area contributed by atoms with Crippen LogP contribution in [0.2, 0.25) is 0 Å². The summed E-state index contributed by atoms with van der Waals surface area (Å²) in [5.41, 5.74) is 2.95. The van der Waals surface area contributed by atoms with Crippen molar-refractivity contribution in [1.29, 1.82) is 0 Å². The molecule has 25 heavy (non-hydrogen) atoms. The van der Waals surface area contributed by atoms with Crippen LogP contribution in [-0.2, 0) is 6.54 Å². The lowest BCUT2D eigenvalue weighted by Gasteiger charge is -2.08. The SMILES string of the molecule is O=C(Nc1ccccc1)Nc1ccc(C(=O)NCc2ccsc2)cc1. The van der Waals surface area contributed by atoms with E-state index in [1.54, 1.807) is 47.7 Å². The molecule has 3 N–H and O–H groups in total. The molecule has 0 aliphatic carbocycles. The first kappa shape index (κ1) is 16.7. The third kappa shape index (κ3) is 4.92. The summed E-state index contributed by atoms with van der Waals surface area (Å²) in [6, 6.07) is 17.6. The molecule has 3 amide bonds. The average Bonchev–Trinajstić information content (AvgIpc) is 3.14. The molecule has 126 valence electrons. The van der Waals surface area contributed by atoms with Crippen LogP contribution in [0.4, 0.5) is 16.2 Å². The van der Waals surface area contributed by atoms with Gasteiger partial charge in [0.05, 0.1) is 0 Å². The normalized spacial score (nSPS) is 10.1. The maximum Gasteiger partial charge on any atom is 0.323 e. The third-order valence-electron chi connectivity index (χ3n) is 3.47. The van der Waals surface area contributed by atoms with E-state index in [4.69, 9.17) is 0 Å². The molecule has 0 atom stereocenters. The first-order valence-electron chi connectivity index (χ1n) is 7.73. The summed E-state index contributed by atoms with van der Waals surface area (Å²) in [5, 5.41) is 12.3. The number of thiophene rings is 1. The van der Waals surface area contributed by atoms with E-state index < -0.39 is 0 Å². The highest BCUT2D eigenvalue weighted by Crippen LogP contribution is 2.12. The number of rotatable bonds is 5. The molecular weight excluding hydrogens is 334 g/mol. The molecule has 3 aromatic rings. The second-order valence-electron chi connectivity index (χ2n) is 5.34. The van der Waals surface area contributed by atoms with Crippen LogP contribution in [0.3, 0.4) is 0 Å². The number of benzene rings is 2. The van der Waals surface area contributed by atoms with Crippen molar-refractivity contribution in [2.45, 2.75) is 6.54 Å². The molecule has 1 heterocycles. The number of amides is 3. The molecule has 1 aromatic heterocycles. The van der Waals surface area contributed by atoms with Crippen LogP contribution in [0.5, 0.6) is 0 Å². The predicted molar refractivity (Wildman–Crippen MR) is 101 cm³/mol. The van der Waals surface area contributed by atoms with Gasteiger partial charge in [-0.1, -0.05) is 18.2 Å². The number of anilines is 2. The van der Waals surface area contributed by atoms with Crippen LogP contribution >= 0.6 is 11.3 Å². The maximum absolute atomic E-state index is 12.1. The first-order chi connectivity index (χ1) is 12.2. The lowest BCUT2D eigenvalue weighted by atomic mass is 10.2. The zero-order chi connectivity index (χ0) is 17.5. The lowest BCUT2D eigenvalue weighted by molar-refractivity contribution is 0.0951. The van der Waals surface area contributed by atoms with Gasteiger partial charge in [-0.2, -0.15) is 11.3 Å². The summed E-state index contributed by atoms with van der Waals surface area (Å²) < 4.78 is 0. The van der Waals surface area contributed by atoms with Crippen LogP contribution in [0, 0.1) is 0 Å². The second-order valence-corrected chi connectivity index (χ2v) is 6.12. The van der Waals surface area contributed by atoms with E-state index in [1.165, 1.54) is 0 Å². The van der Waals surface area contributed by atoms with Crippen molar-refractivity contribution >= 4 is 34.6 Å². The highest BCUT2D eigenvalue weighted by molar-refractivity contribution is 7.07. The Kier molecular flexibility index (Phi) is 5.43. The molecule has 2 aromatic carbocycles. The molecule has 0 spiro atoms. The summed E-state index contributed by atoms with van der Waals surface area (Å²) >= 11 is 1.60. The number of urea groups is 1. The Morgan fingerprint density at radius 3 is 2.16 bits per heavy atom. The Balaban J connectivity index is 1.52. The van der Waals surface area contributed by atoms with Crippen molar-refractivity contribution < 1.29 is 9.59 Å². The van der Waals surface area contributed by atoms with Crippen LogP contribution < -0.4 is 16.0 Å². The van der Waals surface area contributed by atoms with E-state index in [-0.39, 0.29) is 11.9 Å². The third-order valence-corrected chi connectivity index (χ3v) is 4.20. The van der Waals surface area contributed by atoms with Gasteiger partial charge in [0.1, 0.15) is 0 Å².